The monoisotopic (exact) mass is 344 g/mol. The summed E-state index contributed by atoms with van der Waals surface area (Å²) in [6.07, 6.45) is 4.57. The largest absolute Gasteiger partial charge is 0.365 e. The van der Waals surface area contributed by atoms with Crippen LogP contribution in [0.15, 0.2) is 48.5 Å². The minimum absolute atomic E-state index is 0.196. The molecule has 2 saturated heterocycles. The molecule has 132 valence electrons. The number of quaternary nitrogens is 1. The van der Waals surface area contributed by atoms with Crippen LogP contribution in [0.25, 0.3) is 0 Å². The molecule has 0 aliphatic carbocycles. The Morgan fingerprint density at radius 2 is 1.28 bits per heavy atom. The Hall–Kier alpha value is -1.78. The molecule has 2 nitrogen and oxygen atoms in total. The molecule has 1 N–H and O–H groups in total. The van der Waals surface area contributed by atoms with Crippen LogP contribution in [0.4, 0.5) is 8.78 Å². The molecule has 2 heterocycles. The summed E-state index contributed by atoms with van der Waals surface area (Å²) in [4.78, 5) is 1.64. The molecule has 0 aromatic heterocycles. The zero-order chi connectivity index (χ0) is 17.4. The average Bonchev–Trinajstić information content (AvgIpc) is 2.83. The van der Waals surface area contributed by atoms with Crippen LogP contribution in [0.5, 0.6) is 0 Å². The summed E-state index contributed by atoms with van der Waals surface area (Å²) in [6.45, 7) is 0. The molecule has 0 amide bonds. The topological polar surface area (TPSA) is 13.7 Å². The quantitative estimate of drug-likeness (QED) is 0.899. The van der Waals surface area contributed by atoms with Gasteiger partial charge in [-0.15, -0.1) is 0 Å². The lowest BCUT2D eigenvalue weighted by Gasteiger charge is -2.35. The predicted molar refractivity (Wildman–Crippen MR) is 92.4 cm³/mol. The van der Waals surface area contributed by atoms with Crippen molar-refractivity contribution in [2.24, 2.45) is 0 Å². The number of halogens is 2. The van der Waals surface area contributed by atoms with E-state index in [2.05, 4.69) is 7.05 Å². The molecule has 4 rings (SSSR count). The molecular weight excluding hydrogens is 320 g/mol. The van der Waals surface area contributed by atoms with Gasteiger partial charge in [0.25, 0.3) is 0 Å². The first kappa shape index (κ1) is 16.7. The maximum Gasteiger partial charge on any atom is 0.123 e. The zero-order valence-electron chi connectivity index (χ0n) is 14.4. The van der Waals surface area contributed by atoms with Gasteiger partial charge in [0.05, 0.1) is 25.2 Å². The molecule has 2 atom stereocenters. The first-order valence-electron chi connectivity index (χ1n) is 9.10. The third kappa shape index (κ3) is 3.46. The Balaban J connectivity index is 1.59. The lowest BCUT2D eigenvalue weighted by Crippen LogP contribution is -3.15. The van der Waals surface area contributed by atoms with Crippen molar-refractivity contribution in [1.29, 1.82) is 0 Å². The van der Waals surface area contributed by atoms with E-state index in [4.69, 9.17) is 4.74 Å². The van der Waals surface area contributed by atoms with Gasteiger partial charge in [0.2, 0.25) is 0 Å². The van der Waals surface area contributed by atoms with E-state index in [0.717, 1.165) is 24.0 Å². The first-order chi connectivity index (χ1) is 12.1. The molecule has 2 aromatic rings. The van der Waals surface area contributed by atoms with Gasteiger partial charge in [0.15, 0.2) is 0 Å². The fourth-order valence-corrected chi connectivity index (χ4v) is 4.46. The predicted octanol–water partition coefficient (Wildman–Crippen LogP) is 3.28. The summed E-state index contributed by atoms with van der Waals surface area (Å²) in [5, 5.41) is 0. The molecular formula is C21H24F2NO+. The Morgan fingerprint density at radius 1 is 0.840 bits per heavy atom. The number of hydrogen-bond donors (Lipinski definition) is 1. The second-order valence-electron chi connectivity index (χ2n) is 7.43. The van der Waals surface area contributed by atoms with E-state index in [1.54, 1.807) is 29.2 Å². The number of benzene rings is 2. The molecule has 2 unspecified atom stereocenters. The molecule has 2 aromatic carbocycles. The first-order valence-corrected chi connectivity index (χ1v) is 9.10. The second kappa shape index (κ2) is 6.85. The van der Waals surface area contributed by atoms with Gasteiger partial charge in [-0.2, -0.15) is 0 Å². The zero-order valence-corrected chi connectivity index (χ0v) is 14.4. The normalized spacial score (nSPS) is 28.5. The maximum atomic E-state index is 13.3. The Labute approximate surface area is 147 Å². The summed E-state index contributed by atoms with van der Waals surface area (Å²) >= 11 is 0. The minimum Gasteiger partial charge on any atom is -0.365 e. The van der Waals surface area contributed by atoms with Gasteiger partial charge in [0.1, 0.15) is 17.7 Å². The van der Waals surface area contributed by atoms with Gasteiger partial charge in [-0.05, 0) is 35.4 Å². The number of rotatable bonds is 4. The standard InChI is InChI=1S/C21H23F2NO/c1-24-18-10-11-19(24)13-20(12-18)25-21(14-2-6-16(22)7-3-14)15-4-8-17(23)9-5-15/h2-9,18-21H,10-13H2,1H3/p+1. The van der Waals surface area contributed by atoms with Gasteiger partial charge in [-0.1, -0.05) is 24.3 Å². The molecule has 2 fully saturated rings. The minimum atomic E-state index is -0.288. The van der Waals surface area contributed by atoms with Crippen LogP contribution in [-0.4, -0.2) is 25.2 Å². The Morgan fingerprint density at radius 3 is 1.72 bits per heavy atom. The molecule has 2 bridgehead atoms. The van der Waals surface area contributed by atoms with E-state index < -0.39 is 0 Å². The van der Waals surface area contributed by atoms with Crippen molar-refractivity contribution in [3.63, 3.8) is 0 Å². The van der Waals surface area contributed by atoms with Crippen LogP contribution in [-0.2, 0) is 4.74 Å². The van der Waals surface area contributed by atoms with E-state index in [0.29, 0.717) is 12.1 Å². The second-order valence-corrected chi connectivity index (χ2v) is 7.43. The van der Waals surface area contributed by atoms with E-state index >= 15 is 0 Å². The molecule has 0 radical (unpaired) electrons. The van der Waals surface area contributed by atoms with E-state index in [-0.39, 0.29) is 23.8 Å². The van der Waals surface area contributed by atoms with Crippen LogP contribution < -0.4 is 4.90 Å². The van der Waals surface area contributed by atoms with Crippen molar-refractivity contribution in [2.75, 3.05) is 7.05 Å². The Kier molecular flexibility index (Phi) is 4.57. The fraction of sp³-hybridized carbons (Fsp3) is 0.429. The SMILES string of the molecule is C[NH+]1C2CCC1CC(OC(c1ccc(F)cc1)c1ccc(F)cc1)C2. The average molecular weight is 344 g/mol. The maximum absolute atomic E-state index is 13.3. The summed E-state index contributed by atoms with van der Waals surface area (Å²) in [6, 6.07) is 14.2. The summed E-state index contributed by atoms with van der Waals surface area (Å²) in [7, 11) is 2.29. The third-order valence-electron chi connectivity index (χ3n) is 5.92. The third-order valence-corrected chi connectivity index (χ3v) is 5.92. The number of fused-ring (bicyclic) bond motifs is 2. The van der Waals surface area contributed by atoms with Gasteiger partial charge >= 0.3 is 0 Å². The highest BCUT2D eigenvalue weighted by atomic mass is 19.1. The van der Waals surface area contributed by atoms with E-state index in [9.17, 15) is 8.78 Å². The van der Waals surface area contributed by atoms with Crippen LogP contribution >= 0.6 is 0 Å². The van der Waals surface area contributed by atoms with Gasteiger partial charge in [-0.25, -0.2) is 8.78 Å². The summed E-state index contributed by atoms with van der Waals surface area (Å²) in [5.74, 6) is -0.523. The summed E-state index contributed by atoms with van der Waals surface area (Å²) < 4.78 is 33.2. The highest BCUT2D eigenvalue weighted by molar-refractivity contribution is 5.30. The number of ether oxygens (including phenoxy) is 1. The number of nitrogens with one attached hydrogen (secondary N) is 1. The molecule has 0 spiro atoms. The molecule has 4 heteroatoms. The van der Waals surface area contributed by atoms with Crippen molar-refractivity contribution in [2.45, 2.75) is 50.0 Å². The van der Waals surface area contributed by atoms with Crippen molar-refractivity contribution < 1.29 is 18.4 Å². The van der Waals surface area contributed by atoms with Crippen LogP contribution in [0.3, 0.4) is 0 Å². The van der Waals surface area contributed by atoms with Crippen molar-refractivity contribution in [3.05, 3.63) is 71.3 Å². The Bertz CT molecular complexity index is 656. The molecule has 2 aliphatic rings. The number of piperidine rings is 1. The number of hydrogen-bond acceptors (Lipinski definition) is 1. The van der Waals surface area contributed by atoms with Crippen LogP contribution in [0.2, 0.25) is 0 Å². The molecule has 25 heavy (non-hydrogen) atoms. The van der Waals surface area contributed by atoms with Crippen molar-refractivity contribution in [1.82, 2.24) is 0 Å². The lowest BCUT2D eigenvalue weighted by atomic mass is 9.97. The highest BCUT2D eigenvalue weighted by Gasteiger charge is 2.43. The van der Waals surface area contributed by atoms with E-state index in [1.807, 2.05) is 0 Å². The highest BCUT2D eigenvalue weighted by Crippen LogP contribution is 2.33. The van der Waals surface area contributed by atoms with Gasteiger partial charge in [0, 0.05) is 25.7 Å². The smallest absolute Gasteiger partial charge is 0.123 e. The fourth-order valence-electron chi connectivity index (χ4n) is 4.46. The summed E-state index contributed by atoms with van der Waals surface area (Å²) in [5.41, 5.74) is 1.82. The van der Waals surface area contributed by atoms with Crippen LogP contribution in [0.1, 0.15) is 42.9 Å². The van der Waals surface area contributed by atoms with E-state index in [1.165, 1.54) is 37.1 Å². The van der Waals surface area contributed by atoms with Gasteiger partial charge in [-0.3, -0.25) is 0 Å². The lowest BCUT2D eigenvalue weighted by molar-refractivity contribution is -0.923. The molecule has 2 aliphatic heterocycles. The van der Waals surface area contributed by atoms with Crippen molar-refractivity contribution in [3.8, 4) is 0 Å². The van der Waals surface area contributed by atoms with Crippen molar-refractivity contribution >= 4 is 0 Å². The van der Waals surface area contributed by atoms with Gasteiger partial charge < -0.3 is 9.64 Å². The molecule has 0 saturated carbocycles. The van der Waals surface area contributed by atoms with Crippen LogP contribution in [0, 0.1) is 11.6 Å².